The Morgan fingerprint density at radius 2 is 0.594 bits per heavy atom. The molecule has 4 aromatic carbocycles. The number of hydrogen-bond donors (Lipinski definition) is 2. The molecule has 7 aromatic heterocycles. The molecule has 9 heterocycles. The zero-order chi connectivity index (χ0) is 42.1. The summed E-state index contributed by atoms with van der Waals surface area (Å²) in [6.45, 7) is 0. The van der Waals surface area contributed by atoms with E-state index in [1.54, 1.807) is 24.8 Å². The Labute approximate surface area is 363 Å². The predicted octanol–water partition coefficient (Wildman–Crippen LogP) is 11.1. The lowest BCUT2D eigenvalue weighted by atomic mass is 10.0. The van der Waals surface area contributed by atoms with E-state index in [0.717, 1.165) is 88.8 Å². The first-order valence-electron chi connectivity index (χ1n) is 20.7. The molecule has 0 fully saturated rings. The van der Waals surface area contributed by atoms with Crippen molar-refractivity contribution in [2.45, 2.75) is 0 Å². The second kappa shape index (κ2) is 14.2. The second-order valence-electron chi connectivity index (χ2n) is 15.5. The van der Waals surface area contributed by atoms with E-state index < -0.39 is 0 Å². The molecule has 2 aliphatic heterocycles. The summed E-state index contributed by atoms with van der Waals surface area (Å²) in [5.41, 5.74) is 12.8. The number of benzene rings is 4. The van der Waals surface area contributed by atoms with Crippen LogP contribution in [0.5, 0.6) is 0 Å². The number of hydrogen-bond acceptors (Lipinski definition) is 10. The van der Waals surface area contributed by atoms with Crippen LogP contribution in [0.3, 0.4) is 0 Å². The van der Waals surface area contributed by atoms with Crippen LogP contribution in [0.4, 0.5) is 0 Å². The third-order valence-corrected chi connectivity index (χ3v) is 11.7. The second-order valence-corrected chi connectivity index (χ2v) is 15.5. The van der Waals surface area contributed by atoms with Crippen molar-refractivity contribution in [3.05, 3.63) is 170 Å². The molecule has 0 spiro atoms. The highest BCUT2D eigenvalue weighted by atomic mass is 15.1. The fourth-order valence-electron chi connectivity index (χ4n) is 8.57. The van der Waals surface area contributed by atoms with Crippen molar-refractivity contribution >= 4 is 44.1 Å². The SMILES string of the molecule is c1ccc(-c2ccc3c(c2)-c2nc-3nc3[nH]c(nc4nc(nc5[nH]c(n2)c2ccc(-c6ccccn6)cc52)-c2ccc(-c5ccccn5)cc2-4)c2ccc(-c4ccccn4)cc32)nc1. The van der Waals surface area contributed by atoms with Crippen LogP contribution in [-0.2, 0) is 0 Å². The van der Waals surface area contributed by atoms with Crippen LogP contribution in [-0.4, -0.2) is 59.8 Å². The molecule has 64 heavy (non-hydrogen) atoms. The fourth-order valence-corrected chi connectivity index (χ4v) is 8.57. The molecule has 12 nitrogen and oxygen atoms in total. The Morgan fingerprint density at radius 3 is 0.953 bits per heavy atom. The molecule has 0 atom stereocenters. The van der Waals surface area contributed by atoms with Gasteiger partial charge >= 0.3 is 0 Å². The van der Waals surface area contributed by atoms with Gasteiger partial charge in [-0.2, -0.15) is 0 Å². The summed E-state index contributed by atoms with van der Waals surface area (Å²) in [6.07, 6.45) is 7.18. The van der Waals surface area contributed by atoms with Crippen LogP contribution in [0.1, 0.15) is 0 Å². The number of nitrogens with one attached hydrogen (secondary N) is 2. The number of aromatic nitrogens is 12. The van der Waals surface area contributed by atoms with Crippen molar-refractivity contribution in [3.8, 4) is 90.6 Å². The van der Waals surface area contributed by atoms with Crippen molar-refractivity contribution in [3.63, 3.8) is 0 Å². The molecular weight excluding hydrogens is 793 g/mol. The van der Waals surface area contributed by atoms with Gasteiger partial charge in [-0.1, -0.05) is 48.5 Å². The van der Waals surface area contributed by atoms with Gasteiger partial charge in [0, 0.05) is 90.8 Å². The number of rotatable bonds is 4. The molecule has 8 bridgehead atoms. The van der Waals surface area contributed by atoms with Crippen LogP contribution in [0.25, 0.3) is 135 Å². The van der Waals surface area contributed by atoms with E-state index in [-0.39, 0.29) is 0 Å². The molecule has 0 saturated heterocycles. The van der Waals surface area contributed by atoms with E-state index in [1.807, 2.05) is 97.1 Å². The summed E-state index contributed by atoms with van der Waals surface area (Å²) < 4.78 is 0. The maximum absolute atomic E-state index is 5.30. The highest BCUT2D eigenvalue weighted by molar-refractivity contribution is 6.08. The van der Waals surface area contributed by atoms with E-state index in [9.17, 15) is 0 Å². The molecular formula is C52H30N12. The van der Waals surface area contributed by atoms with Crippen molar-refractivity contribution in [2.24, 2.45) is 0 Å². The predicted molar refractivity (Wildman–Crippen MR) is 249 cm³/mol. The van der Waals surface area contributed by atoms with E-state index in [0.29, 0.717) is 45.9 Å². The van der Waals surface area contributed by atoms with E-state index in [4.69, 9.17) is 29.9 Å². The molecule has 0 radical (unpaired) electrons. The first kappa shape index (κ1) is 35.6. The summed E-state index contributed by atoms with van der Waals surface area (Å²) in [7, 11) is 0. The van der Waals surface area contributed by atoms with E-state index in [1.165, 1.54) is 0 Å². The molecule has 2 N–H and O–H groups in total. The Balaban J connectivity index is 1.15. The minimum absolute atomic E-state index is 0.498. The Kier molecular flexibility index (Phi) is 7.90. The highest BCUT2D eigenvalue weighted by Crippen LogP contribution is 2.40. The van der Waals surface area contributed by atoms with Gasteiger partial charge in [-0.3, -0.25) is 19.9 Å². The van der Waals surface area contributed by atoms with Crippen molar-refractivity contribution in [1.82, 2.24) is 59.8 Å². The van der Waals surface area contributed by atoms with Crippen LogP contribution in [0.2, 0.25) is 0 Å². The maximum atomic E-state index is 5.30. The summed E-state index contributed by atoms with van der Waals surface area (Å²) >= 11 is 0. The summed E-state index contributed by atoms with van der Waals surface area (Å²) in [5.74, 6) is 2.00. The third kappa shape index (κ3) is 5.92. The number of nitrogens with zero attached hydrogens (tertiary/aromatic N) is 10. The molecule has 12 heteroatoms. The minimum atomic E-state index is 0.498. The minimum Gasteiger partial charge on any atom is -0.324 e. The Hall–Kier alpha value is -9.16. The number of pyridine rings is 4. The van der Waals surface area contributed by atoms with E-state index >= 15 is 0 Å². The van der Waals surface area contributed by atoms with Gasteiger partial charge < -0.3 is 9.97 Å². The average Bonchev–Trinajstić information content (AvgIpc) is 4.10. The zero-order valence-electron chi connectivity index (χ0n) is 33.6. The van der Waals surface area contributed by atoms with Crippen molar-refractivity contribution in [2.75, 3.05) is 0 Å². The van der Waals surface area contributed by atoms with Gasteiger partial charge in [-0.05, 0) is 97.1 Å². The Morgan fingerprint density at radius 1 is 0.266 bits per heavy atom. The van der Waals surface area contributed by atoms with Crippen molar-refractivity contribution in [1.29, 1.82) is 0 Å². The fraction of sp³-hybridized carbons (Fsp3) is 0. The lowest BCUT2D eigenvalue weighted by Gasteiger charge is -2.04. The van der Waals surface area contributed by atoms with Gasteiger partial charge in [0.2, 0.25) is 0 Å². The zero-order valence-corrected chi connectivity index (χ0v) is 33.6. The van der Waals surface area contributed by atoms with Crippen LogP contribution < -0.4 is 0 Å². The largest absolute Gasteiger partial charge is 0.324 e. The highest BCUT2D eigenvalue weighted by Gasteiger charge is 2.24. The maximum Gasteiger partial charge on any atom is 0.164 e. The number of aromatic amines is 2. The van der Waals surface area contributed by atoms with Crippen LogP contribution in [0.15, 0.2) is 170 Å². The summed E-state index contributed by atoms with van der Waals surface area (Å²) in [5, 5.41) is 3.42. The lowest BCUT2D eigenvalue weighted by Crippen LogP contribution is -1.87. The molecule has 13 rings (SSSR count). The topological polar surface area (TPSA) is 160 Å². The standard InChI is InChI=1S/C52H30N12/c1-5-21-53-41(9-1)29-13-17-33-37(25-29)49-57-45(33)62-50-39-27-31(43-11-3-7-23-55-43)15-19-35(39)47(59-50)64-52-40-28-32(44-12-4-8-24-56-44)16-20-36(40)48(60-52)63-51-38-26-30(42-10-2-6-22-54-42)14-18-34(38)46(58-51)61-49/h1-28H,(H2,57,58,59,60,61,62,63,64). The number of fused-ring (bicyclic) bond motifs is 20. The molecule has 298 valence electrons. The van der Waals surface area contributed by atoms with Gasteiger partial charge in [0.1, 0.15) is 22.6 Å². The van der Waals surface area contributed by atoms with E-state index in [2.05, 4.69) is 78.4 Å². The van der Waals surface area contributed by atoms with Gasteiger partial charge in [-0.25, -0.2) is 29.9 Å². The summed E-state index contributed by atoms with van der Waals surface area (Å²) in [4.78, 5) is 57.3. The molecule has 11 aromatic rings. The Bertz CT molecular complexity index is 3580. The van der Waals surface area contributed by atoms with Gasteiger partial charge in [0.15, 0.2) is 23.3 Å². The average molecular weight is 823 g/mol. The van der Waals surface area contributed by atoms with Crippen LogP contribution >= 0.6 is 0 Å². The first-order valence-corrected chi connectivity index (χ1v) is 20.7. The third-order valence-electron chi connectivity index (χ3n) is 11.7. The van der Waals surface area contributed by atoms with Crippen molar-refractivity contribution < 1.29 is 0 Å². The van der Waals surface area contributed by atoms with Gasteiger partial charge in [0.05, 0.1) is 22.8 Å². The quantitative estimate of drug-likeness (QED) is 0.175. The molecule has 0 amide bonds. The molecule has 0 saturated carbocycles. The molecule has 0 aliphatic carbocycles. The molecule has 0 unspecified atom stereocenters. The normalized spacial score (nSPS) is 11.8. The first-order chi connectivity index (χ1) is 31.7. The van der Waals surface area contributed by atoms with Gasteiger partial charge in [-0.15, -0.1) is 0 Å². The molecule has 2 aliphatic rings. The summed E-state index contributed by atoms with van der Waals surface area (Å²) in [6, 6.07) is 48.3. The smallest absolute Gasteiger partial charge is 0.164 e. The lowest BCUT2D eigenvalue weighted by molar-refractivity contribution is 1.19. The number of H-pyrrole nitrogens is 2. The van der Waals surface area contributed by atoms with Crippen LogP contribution in [0, 0.1) is 0 Å². The van der Waals surface area contributed by atoms with Gasteiger partial charge in [0.25, 0.3) is 0 Å². The monoisotopic (exact) mass is 822 g/mol.